The van der Waals surface area contributed by atoms with Crippen LogP contribution in [0.1, 0.15) is 22.0 Å². The first kappa shape index (κ1) is 18.1. The molecule has 3 aromatic rings. The van der Waals surface area contributed by atoms with Crippen molar-refractivity contribution in [2.75, 3.05) is 9.96 Å². The minimum Gasteiger partial charge on any atom is -0.273 e. The maximum atomic E-state index is 13.5. The van der Waals surface area contributed by atoms with Crippen LogP contribution in [-0.2, 0) is 14.4 Å². The van der Waals surface area contributed by atoms with Crippen LogP contribution in [-0.4, -0.2) is 17.9 Å². The summed E-state index contributed by atoms with van der Waals surface area (Å²) in [6.07, 6.45) is -0.824. The normalized spacial score (nSPS) is 23.7. The molecule has 3 heterocycles. The summed E-state index contributed by atoms with van der Waals surface area (Å²) in [5, 5.41) is 3.71. The first-order valence-corrected chi connectivity index (χ1v) is 10.4. The van der Waals surface area contributed by atoms with Gasteiger partial charge in [-0.15, -0.1) is 11.3 Å². The number of hydrogen-bond acceptors (Lipinski definition) is 5. The predicted molar refractivity (Wildman–Crippen MR) is 113 cm³/mol. The number of anilines is 2. The van der Waals surface area contributed by atoms with Gasteiger partial charge >= 0.3 is 0 Å². The van der Waals surface area contributed by atoms with Crippen LogP contribution in [0.2, 0.25) is 0 Å². The molecule has 2 aromatic carbocycles. The first-order chi connectivity index (χ1) is 14.1. The number of hydrogen-bond donors (Lipinski definition) is 0. The lowest BCUT2D eigenvalue weighted by Gasteiger charge is -2.28. The van der Waals surface area contributed by atoms with Gasteiger partial charge in [0.1, 0.15) is 12.0 Å². The number of amides is 2. The van der Waals surface area contributed by atoms with Gasteiger partial charge in [-0.05, 0) is 49.1 Å². The summed E-state index contributed by atoms with van der Waals surface area (Å²) in [6, 6.07) is 19.0. The molecule has 0 aliphatic carbocycles. The zero-order valence-electron chi connectivity index (χ0n) is 16.1. The summed E-state index contributed by atoms with van der Waals surface area (Å²) in [5.74, 6) is -1.09. The molecule has 1 aromatic heterocycles. The van der Waals surface area contributed by atoms with Gasteiger partial charge in [-0.25, -0.2) is 9.96 Å². The summed E-state index contributed by atoms with van der Waals surface area (Å²) in [4.78, 5) is 35.3. The summed E-state index contributed by atoms with van der Waals surface area (Å²) < 4.78 is 0. The molecule has 2 aliphatic rings. The van der Waals surface area contributed by atoms with Gasteiger partial charge in [0, 0.05) is 4.88 Å². The number of carbonyl (C=O) groups excluding carboxylic acids is 2. The van der Waals surface area contributed by atoms with E-state index in [1.54, 1.807) is 16.4 Å². The molecule has 29 heavy (non-hydrogen) atoms. The molecule has 0 spiro atoms. The average Bonchev–Trinajstić information content (AvgIpc) is 3.41. The fourth-order valence-corrected chi connectivity index (χ4v) is 5.11. The van der Waals surface area contributed by atoms with Crippen molar-refractivity contribution in [1.82, 2.24) is 0 Å². The van der Waals surface area contributed by atoms with Crippen molar-refractivity contribution in [2.24, 2.45) is 5.92 Å². The third-order valence-corrected chi connectivity index (χ3v) is 6.50. The number of carbonyl (C=O) groups is 2. The Morgan fingerprint density at radius 3 is 2.41 bits per heavy atom. The SMILES string of the molecule is Cc1ccc(N2C(=O)[C@H]3[C@@H](c4cccs4)N(c4ccccc4)O[C@H]3C2=O)c(C)c1. The Morgan fingerprint density at radius 1 is 0.931 bits per heavy atom. The van der Waals surface area contributed by atoms with Gasteiger partial charge in [0.05, 0.1) is 11.4 Å². The summed E-state index contributed by atoms with van der Waals surface area (Å²) in [6.45, 7) is 3.91. The topological polar surface area (TPSA) is 49.9 Å². The second-order valence-corrected chi connectivity index (χ2v) is 8.45. The van der Waals surface area contributed by atoms with Crippen LogP contribution in [0.25, 0.3) is 0 Å². The van der Waals surface area contributed by atoms with Crippen LogP contribution in [0.4, 0.5) is 11.4 Å². The van der Waals surface area contributed by atoms with Gasteiger partial charge in [0.15, 0.2) is 6.10 Å². The van der Waals surface area contributed by atoms with Gasteiger partial charge in [-0.1, -0.05) is 42.0 Å². The second-order valence-electron chi connectivity index (χ2n) is 7.48. The lowest BCUT2D eigenvalue weighted by Crippen LogP contribution is -2.37. The number of thiophene rings is 1. The minimum absolute atomic E-state index is 0.205. The number of hydroxylamine groups is 1. The number of para-hydroxylation sites is 1. The van der Waals surface area contributed by atoms with Crippen molar-refractivity contribution in [2.45, 2.75) is 26.0 Å². The van der Waals surface area contributed by atoms with Crippen LogP contribution in [0.3, 0.4) is 0 Å². The Hall–Kier alpha value is -2.96. The lowest BCUT2D eigenvalue weighted by atomic mass is 9.95. The fraction of sp³-hybridized carbons (Fsp3) is 0.217. The van der Waals surface area contributed by atoms with Gasteiger partial charge in [-0.3, -0.25) is 14.4 Å². The van der Waals surface area contributed by atoms with Crippen molar-refractivity contribution in [1.29, 1.82) is 0 Å². The smallest absolute Gasteiger partial charge is 0.266 e. The van der Waals surface area contributed by atoms with E-state index in [2.05, 4.69) is 0 Å². The molecule has 6 heteroatoms. The Morgan fingerprint density at radius 2 is 1.72 bits per heavy atom. The maximum absolute atomic E-state index is 13.5. The van der Waals surface area contributed by atoms with Crippen LogP contribution >= 0.6 is 11.3 Å². The predicted octanol–water partition coefficient (Wildman–Crippen LogP) is 4.42. The van der Waals surface area contributed by atoms with E-state index in [0.717, 1.165) is 21.7 Å². The number of aryl methyl sites for hydroxylation is 2. The van der Waals surface area contributed by atoms with Crippen LogP contribution in [0, 0.1) is 19.8 Å². The number of rotatable bonds is 3. The number of nitrogens with zero attached hydrogens (tertiary/aromatic N) is 2. The molecule has 0 radical (unpaired) electrons. The zero-order chi connectivity index (χ0) is 20.1. The van der Waals surface area contributed by atoms with E-state index >= 15 is 0 Å². The highest BCUT2D eigenvalue weighted by Gasteiger charge is 2.60. The van der Waals surface area contributed by atoms with Crippen LogP contribution < -0.4 is 9.96 Å². The van der Waals surface area contributed by atoms with E-state index in [-0.39, 0.29) is 17.9 Å². The molecule has 3 atom stereocenters. The van der Waals surface area contributed by atoms with E-state index < -0.39 is 12.0 Å². The molecule has 2 fully saturated rings. The van der Waals surface area contributed by atoms with E-state index in [1.165, 1.54) is 4.90 Å². The largest absolute Gasteiger partial charge is 0.273 e. The highest BCUT2D eigenvalue weighted by atomic mass is 32.1. The molecular weight excluding hydrogens is 384 g/mol. The van der Waals surface area contributed by atoms with Crippen molar-refractivity contribution in [3.63, 3.8) is 0 Å². The highest BCUT2D eigenvalue weighted by molar-refractivity contribution is 7.10. The number of fused-ring (bicyclic) bond motifs is 1. The third kappa shape index (κ3) is 2.79. The van der Waals surface area contributed by atoms with Crippen molar-refractivity contribution < 1.29 is 14.4 Å². The molecule has 146 valence electrons. The van der Waals surface area contributed by atoms with E-state index in [0.29, 0.717) is 5.69 Å². The van der Waals surface area contributed by atoms with Crippen LogP contribution in [0.5, 0.6) is 0 Å². The maximum Gasteiger partial charge on any atom is 0.266 e. The lowest BCUT2D eigenvalue weighted by molar-refractivity contribution is -0.126. The molecule has 2 amide bonds. The molecule has 2 aliphatic heterocycles. The summed E-state index contributed by atoms with van der Waals surface area (Å²) >= 11 is 1.57. The Kier molecular flexibility index (Phi) is 4.26. The molecular formula is C23H20N2O3S. The molecule has 0 N–H and O–H groups in total. The van der Waals surface area contributed by atoms with Crippen LogP contribution in [0.15, 0.2) is 66.0 Å². The zero-order valence-corrected chi connectivity index (χ0v) is 16.9. The third-order valence-electron chi connectivity index (χ3n) is 5.55. The fourth-order valence-electron chi connectivity index (χ4n) is 4.26. The first-order valence-electron chi connectivity index (χ1n) is 9.56. The minimum atomic E-state index is -0.824. The summed E-state index contributed by atoms with van der Waals surface area (Å²) in [5.41, 5.74) is 3.46. The molecule has 5 rings (SSSR count). The van der Waals surface area contributed by atoms with E-state index in [4.69, 9.17) is 4.84 Å². The van der Waals surface area contributed by atoms with E-state index in [1.807, 2.05) is 79.9 Å². The highest BCUT2D eigenvalue weighted by Crippen LogP contribution is 2.48. The van der Waals surface area contributed by atoms with Gasteiger partial charge in [0.25, 0.3) is 5.91 Å². The van der Waals surface area contributed by atoms with Gasteiger partial charge in [0.2, 0.25) is 5.91 Å². The van der Waals surface area contributed by atoms with Gasteiger partial charge < -0.3 is 0 Å². The molecule has 5 nitrogen and oxygen atoms in total. The van der Waals surface area contributed by atoms with Crippen molar-refractivity contribution in [3.05, 3.63) is 82.0 Å². The Balaban J connectivity index is 1.58. The monoisotopic (exact) mass is 404 g/mol. The van der Waals surface area contributed by atoms with Gasteiger partial charge in [-0.2, -0.15) is 0 Å². The summed E-state index contributed by atoms with van der Waals surface area (Å²) in [7, 11) is 0. The Labute approximate surface area is 173 Å². The average molecular weight is 404 g/mol. The molecule has 2 saturated heterocycles. The number of imide groups is 1. The van der Waals surface area contributed by atoms with E-state index in [9.17, 15) is 9.59 Å². The van der Waals surface area contributed by atoms with Crippen molar-refractivity contribution >= 4 is 34.5 Å². The Bertz CT molecular complexity index is 1080. The standard InChI is InChI=1S/C23H20N2O3S/c1-14-10-11-17(15(2)13-14)24-22(26)19-20(18-9-6-12-29-18)25(28-21(19)23(24)27)16-7-4-3-5-8-16/h3-13,19-21H,1-2H3/t19-,20+,21+/m0/s1. The molecule has 0 bridgehead atoms. The molecule has 0 saturated carbocycles. The quantitative estimate of drug-likeness (QED) is 0.607. The molecule has 0 unspecified atom stereocenters. The van der Waals surface area contributed by atoms with Crippen molar-refractivity contribution in [3.8, 4) is 0 Å². The number of benzene rings is 2. The second kappa shape index (κ2) is 6.83.